The smallest absolute Gasteiger partial charge is 0.261 e. The monoisotopic (exact) mass is 444 g/mol. The third-order valence-electron chi connectivity index (χ3n) is 5.45. The van der Waals surface area contributed by atoms with Crippen LogP contribution in [0.15, 0.2) is 78.9 Å². The van der Waals surface area contributed by atoms with Gasteiger partial charge in [-0.2, -0.15) is 0 Å². The summed E-state index contributed by atoms with van der Waals surface area (Å²) in [6.07, 6.45) is 0.425. The van der Waals surface area contributed by atoms with E-state index in [1.165, 1.54) is 0 Å². The van der Waals surface area contributed by atoms with Crippen molar-refractivity contribution in [3.8, 4) is 5.75 Å². The minimum atomic E-state index is -0.651. The van der Waals surface area contributed by atoms with Crippen LogP contribution in [0.25, 0.3) is 0 Å². The Hall–Kier alpha value is -3.60. The fraction of sp³-hybridized carbons (Fsp3) is 0.286. The van der Waals surface area contributed by atoms with Crippen LogP contribution < -0.4 is 10.1 Å². The number of carbonyl (C=O) groups is 2. The lowest BCUT2D eigenvalue weighted by Gasteiger charge is -2.31. The lowest BCUT2D eigenvalue weighted by molar-refractivity contribution is -0.142. The van der Waals surface area contributed by atoms with Crippen LogP contribution in [0.5, 0.6) is 5.75 Å². The molecule has 3 rings (SSSR count). The Kier molecular flexibility index (Phi) is 8.64. The molecular weight excluding hydrogens is 412 g/mol. The lowest BCUT2D eigenvalue weighted by Crippen LogP contribution is -2.51. The first kappa shape index (κ1) is 24.1. The third-order valence-corrected chi connectivity index (χ3v) is 5.45. The first-order valence-corrected chi connectivity index (χ1v) is 11.3. The van der Waals surface area contributed by atoms with Gasteiger partial charge >= 0.3 is 0 Å². The molecule has 5 heteroatoms. The number of amides is 2. The normalized spacial score (nSPS) is 11.5. The van der Waals surface area contributed by atoms with Crippen molar-refractivity contribution in [3.05, 3.63) is 101 Å². The SMILES string of the molecule is CCNC(=O)[C@@H](Cc1ccccc1)N(Cc1ccc(C)cc1)C(=O)COc1cccc(C)c1. The van der Waals surface area contributed by atoms with Gasteiger partial charge in [0.2, 0.25) is 5.91 Å². The zero-order chi connectivity index (χ0) is 23.6. The Labute approximate surface area is 196 Å². The number of rotatable bonds is 10. The Morgan fingerprint density at radius 2 is 1.61 bits per heavy atom. The van der Waals surface area contributed by atoms with Crippen LogP contribution in [0.4, 0.5) is 0 Å². The second-order valence-corrected chi connectivity index (χ2v) is 8.21. The van der Waals surface area contributed by atoms with Gasteiger partial charge in [0.1, 0.15) is 11.8 Å². The van der Waals surface area contributed by atoms with Gasteiger partial charge in [-0.15, -0.1) is 0 Å². The van der Waals surface area contributed by atoms with Crippen molar-refractivity contribution in [2.24, 2.45) is 0 Å². The van der Waals surface area contributed by atoms with Gasteiger partial charge in [0.05, 0.1) is 0 Å². The highest BCUT2D eigenvalue weighted by Crippen LogP contribution is 2.17. The number of ether oxygens (including phenoxy) is 1. The molecule has 2 amide bonds. The summed E-state index contributed by atoms with van der Waals surface area (Å²) in [5.41, 5.74) is 4.16. The van der Waals surface area contributed by atoms with E-state index in [9.17, 15) is 9.59 Å². The van der Waals surface area contributed by atoms with Crippen LogP contribution in [0, 0.1) is 13.8 Å². The van der Waals surface area contributed by atoms with Gasteiger partial charge in [-0.3, -0.25) is 9.59 Å². The molecule has 0 saturated heterocycles. The summed E-state index contributed by atoms with van der Waals surface area (Å²) in [6, 6.07) is 24.7. The van der Waals surface area contributed by atoms with Gasteiger partial charge in [-0.25, -0.2) is 0 Å². The zero-order valence-electron chi connectivity index (χ0n) is 19.6. The van der Waals surface area contributed by atoms with E-state index in [-0.39, 0.29) is 18.4 Å². The van der Waals surface area contributed by atoms with E-state index in [1.807, 2.05) is 99.6 Å². The molecule has 3 aromatic rings. The van der Waals surface area contributed by atoms with Crippen molar-refractivity contribution in [3.63, 3.8) is 0 Å². The molecule has 3 aromatic carbocycles. The lowest BCUT2D eigenvalue weighted by atomic mass is 10.0. The maximum atomic E-state index is 13.4. The molecule has 0 aliphatic carbocycles. The van der Waals surface area contributed by atoms with Crippen molar-refractivity contribution < 1.29 is 14.3 Å². The Morgan fingerprint density at radius 1 is 0.879 bits per heavy atom. The molecule has 0 spiro atoms. The fourth-order valence-corrected chi connectivity index (χ4v) is 3.67. The van der Waals surface area contributed by atoms with Crippen LogP contribution in [0.3, 0.4) is 0 Å². The molecule has 0 aromatic heterocycles. The van der Waals surface area contributed by atoms with E-state index < -0.39 is 6.04 Å². The van der Waals surface area contributed by atoms with Gasteiger partial charge in [0.15, 0.2) is 6.61 Å². The Balaban J connectivity index is 1.88. The van der Waals surface area contributed by atoms with Gasteiger partial charge in [0, 0.05) is 19.5 Å². The maximum absolute atomic E-state index is 13.4. The highest BCUT2D eigenvalue weighted by molar-refractivity contribution is 5.88. The number of nitrogens with zero attached hydrogens (tertiary/aromatic N) is 1. The van der Waals surface area contributed by atoms with E-state index >= 15 is 0 Å². The summed E-state index contributed by atoms with van der Waals surface area (Å²) in [5.74, 6) is 0.234. The van der Waals surface area contributed by atoms with Crippen LogP contribution in [0.1, 0.15) is 29.2 Å². The van der Waals surface area contributed by atoms with Gasteiger partial charge in [-0.05, 0) is 49.6 Å². The molecule has 0 fully saturated rings. The average molecular weight is 445 g/mol. The minimum Gasteiger partial charge on any atom is -0.484 e. The molecule has 1 N–H and O–H groups in total. The van der Waals surface area contributed by atoms with Crippen molar-refractivity contribution in [2.75, 3.05) is 13.2 Å². The summed E-state index contributed by atoms with van der Waals surface area (Å²) < 4.78 is 5.80. The summed E-state index contributed by atoms with van der Waals surface area (Å²) >= 11 is 0. The maximum Gasteiger partial charge on any atom is 0.261 e. The molecule has 0 unspecified atom stereocenters. The summed E-state index contributed by atoms with van der Waals surface area (Å²) in [7, 11) is 0. The standard InChI is InChI=1S/C28H32N2O3/c1-4-29-28(32)26(18-23-10-6-5-7-11-23)30(19-24-15-13-21(2)14-16-24)27(31)20-33-25-12-8-9-22(3)17-25/h5-17,26H,4,18-20H2,1-3H3,(H,29,32)/t26-/m1/s1. The molecule has 0 saturated carbocycles. The predicted molar refractivity (Wildman–Crippen MR) is 131 cm³/mol. The van der Waals surface area contributed by atoms with E-state index in [0.717, 1.165) is 22.3 Å². The number of likely N-dealkylation sites (N-methyl/N-ethyl adjacent to an activating group) is 1. The summed E-state index contributed by atoms with van der Waals surface area (Å²) in [5, 5.41) is 2.90. The molecule has 5 nitrogen and oxygen atoms in total. The average Bonchev–Trinajstić information content (AvgIpc) is 2.82. The largest absolute Gasteiger partial charge is 0.484 e. The molecule has 0 bridgehead atoms. The number of hydrogen-bond donors (Lipinski definition) is 1. The Bertz CT molecular complexity index is 1050. The zero-order valence-corrected chi connectivity index (χ0v) is 19.6. The second kappa shape index (κ2) is 11.9. The summed E-state index contributed by atoms with van der Waals surface area (Å²) in [6.45, 7) is 6.56. The number of aryl methyl sites for hydroxylation is 2. The fourth-order valence-electron chi connectivity index (χ4n) is 3.67. The minimum absolute atomic E-state index is 0.139. The van der Waals surface area contributed by atoms with E-state index in [2.05, 4.69) is 5.32 Å². The van der Waals surface area contributed by atoms with Crippen molar-refractivity contribution in [1.82, 2.24) is 10.2 Å². The van der Waals surface area contributed by atoms with E-state index in [4.69, 9.17) is 4.74 Å². The van der Waals surface area contributed by atoms with E-state index in [1.54, 1.807) is 4.90 Å². The molecule has 1 atom stereocenters. The van der Waals surface area contributed by atoms with Crippen LogP contribution in [0.2, 0.25) is 0 Å². The van der Waals surface area contributed by atoms with Crippen LogP contribution >= 0.6 is 0 Å². The molecular formula is C28H32N2O3. The van der Waals surface area contributed by atoms with Gasteiger partial charge in [0.25, 0.3) is 5.91 Å². The summed E-state index contributed by atoms with van der Waals surface area (Å²) in [4.78, 5) is 28.2. The van der Waals surface area contributed by atoms with Gasteiger partial charge < -0.3 is 15.0 Å². The first-order valence-electron chi connectivity index (χ1n) is 11.3. The first-order chi connectivity index (χ1) is 16.0. The molecule has 0 aliphatic rings. The predicted octanol–water partition coefficient (Wildman–Crippen LogP) is 4.46. The van der Waals surface area contributed by atoms with E-state index in [0.29, 0.717) is 25.3 Å². The number of carbonyl (C=O) groups excluding carboxylic acids is 2. The molecule has 0 heterocycles. The highest BCUT2D eigenvalue weighted by atomic mass is 16.5. The van der Waals surface area contributed by atoms with Crippen molar-refractivity contribution in [2.45, 2.75) is 39.8 Å². The van der Waals surface area contributed by atoms with Crippen molar-refractivity contribution >= 4 is 11.8 Å². The number of benzene rings is 3. The van der Waals surface area contributed by atoms with Crippen molar-refractivity contribution in [1.29, 1.82) is 0 Å². The molecule has 172 valence electrons. The third kappa shape index (κ3) is 7.21. The highest BCUT2D eigenvalue weighted by Gasteiger charge is 2.30. The number of nitrogens with one attached hydrogen (secondary N) is 1. The van der Waals surface area contributed by atoms with Crippen LogP contribution in [-0.2, 0) is 22.6 Å². The Morgan fingerprint density at radius 3 is 2.27 bits per heavy atom. The molecule has 33 heavy (non-hydrogen) atoms. The molecule has 0 radical (unpaired) electrons. The van der Waals surface area contributed by atoms with Gasteiger partial charge in [-0.1, -0.05) is 72.3 Å². The second-order valence-electron chi connectivity index (χ2n) is 8.21. The topological polar surface area (TPSA) is 58.6 Å². The molecule has 0 aliphatic heterocycles. The van der Waals surface area contributed by atoms with Crippen LogP contribution in [-0.4, -0.2) is 35.9 Å². The number of hydrogen-bond acceptors (Lipinski definition) is 3. The quantitative estimate of drug-likeness (QED) is 0.502.